The second kappa shape index (κ2) is 9.12. The number of hydrogen-bond acceptors (Lipinski definition) is 4. The SMILES string of the molecule is O=C(N[C@H](C(=O)NC[C@@H]1COCCO1)c1ccccc1)c1ccccc1. The molecule has 6 heteroatoms. The number of carbonyl (C=O) groups excluding carboxylic acids is 2. The molecule has 0 saturated carbocycles. The van der Waals surface area contributed by atoms with Crippen molar-refractivity contribution in [2.24, 2.45) is 0 Å². The van der Waals surface area contributed by atoms with E-state index in [4.69, 9.17) is 9.47 Å². The van der Waals surface area contributed by atoms with E-state index in [0.29, 0.717) is 31.9 Å². The van der Waals surface area contributed by atoms with Gasteiger partial charge < -0.3 is 20.1 Å². The lowest BCUT2D eigenvalue weighted by molar-refractivity contribution is -0.125. The summed E-state index contributed by atoms with van der Waals surface area (Å²) >= 11 is 0. The average molecular weight is 354 g/mol. The summed E-state index contributed by atoms with van der Waals surface area (Å²) in [6, 6.07) is 17.2. The predicted molar refractivity (Wildman–Crippen MR) is 96.7 cm³/mol. The number of carbonyl (C=O) groups is 2. The molecule has 2 aromatic rings. The minimum absolute atomic E-state index is 0.172. The van der Waals surface area contributed by atoms with Crippen LogP contribution in [0.4, 0.5) is 0 Å². The Morgan fingerprint density at radius 2 is 1.69 bits per heavy atom. The van der Waals surface area contributed by atoms with Crippen LogP contribution in [0.3, 0.4) is 0 Å². The van der Waals surface area contributed by atoms with Gasteiger partial charge in [-0.25, -0.2) is 0 Å². The van der Waals surface area contributed by atoms with Crippen LogP contribution < -0.4 is 10.6 Å². The Hall–Kier alpha value is -2.70. The summed E-state index contributed by atoms with van der Waals surface area (Å²) in [5.74, 6) is -0.582. The molecule has 6 nitrogen and oxygen atoms in total. The molecule has 1 aliphatic heterocycles. The van der Waals surface area contributed by atoms with Crippen molar-refractivity contribution in [2.45, 2.75) is 12.1 Å². The van der Waals surface area contributed by atoms with Crippen LogP contribution in [0, 0.1) is 0 Å². The van der Waals surface area contributed by atoms with Crippen LogP contribution in [0.15, 0.2) is 60.7 Å². The first-order valence-corrected chi connectivity index (χ1v) is 8.62. The molecule has 3 rings (SSSR count). The number of hydrogen-bond donors (Lipinski definition) is 2. The van der Waals surface area contributed by atoms with Crippen molar-refractivity contribution in [3.05, 3.63) is 71.8 Å². The molecule has 2 atom stereocenters. The van der Waals surface area contributed by atoms with Gasteiger partial charge in [0, 0.05) is 12.1 Å². The Balaban J connectivity index is 1.68. The van der Waals surface area contributed by atoms with Crippen molar-refractivity contribution < 1.29 is 19.1 Å². The molecule has 2 amide bonds. The average Bonchev–Trinajstić information content (AvgIpc) is 2.72. The maximum absolute atomic E-state index is 12.7. The van der Waals surface area contributed by atoms with Crippen molar-refractivity contribution >= 4 is 11.8 Å². The highest BCUT2D eigenvalue weighted by Gasteiger charge is 2.24. The Morgan fingerprint density at radius 3 is 2.35 bits per heavy atom. The van der Waals surface area contributed by atoms with E-state index in [1.54, 1.807) is 24.3 Å². The zero-order valence-electron chi connectivity index (χ0n) is 14.4. The normalized spacial score (nSPS) is 17.9. The summed E-state index contributed by atoms with van der Waals surface area (Å²) < 4.78 is 10.9. The van der Waals surface area contributed by atoms with Gasteiger partial charge in [-0.1, -0.05) is 48.5 Å². The van der Waals surface area contributed by atoms with Gasteiger partial charge >= 0.3 is 0 Å². The third-order valence-electron chi connectivity index (χ3n) is 4.10. The molecule has 0 radical (unpaired) electrons. The van der Waals surface area contributed by atoms with Gasteiger partial charge in [0.25, 0.3) is 5.91 Å². The summed E-state index contributed by atoms with van der Waals surface area (Å²) in [5, 5.41) is 5.66. The van der Waals surface area contributed by atoms with Gasteiger partial charge in [0.05, 0.1) is 25.9 Å². The molecule has 2 N–H and O–H groups in total. The Kier molecular flexibility index (Phi) is 6.35. The highest BCUT2D eigenvalue weighted by molar-refractivity contribution is 5.97. The second-order valence-corrected chi connectivity index (χ2v) is 6.00. The Morgan fingerprint density at radius 1 is 1.00 bits per heavy atom. The summed E-state index contributed by atoms with van der Waals surface area (Å²) in [5.41, 5.74) is 1.22. The molecule has 1 heterocycles. The largest absolute Gasteiger partial charge is 0.376 e. The van der Waals surface area contributed by atoms with Gasteiger partial charge in [-0.15, -0.1) is 0 Å². The molecule has 0 aliphatic carbocycles. The number of ether oxygens (including phenoxy) is 2. The molecule has 0 aromatic heterocycles. The molecule has 2 aromatic carbocycles. The molecule has 26 heavy (non-hydrogen) atoms. The molecule has 1 aliphatic rings. The smallest absolute Gasteiger partial charge is 0.252 e. The van der Waals surface area contributed by atoms with Crippen molar-refractivity contribution in [1.82, 2.24) is 10.6 Å². The lowest BCUT2D eigenvalue weighted by atomic mass is 10.1. The summed E-state index contributed by atoms with van der Waals surface area (Å²) in [6.45, 7) is 1.88. The summed E-state index contributed by atoms with van der Waals surface area (Å²) in [7, 11) is 0. The van der Waals surface area contributed by atoms with Gasteiger partial charge in [-0.05, 0) is 17.7 Å². The highest BCUT2D eigenvalue weighted by atomic mass is 16.6. The maximum Gasteiger partial charge on any atom is 0.252 e. The quantitative estimate of drug-likeness (QED) is 0.828. The van der Waals surface area contributed by atoms with Crippen LogP contribution in [0.1, 0.15) is 22.0 Å². The zero-order valence-corrected chi connectivity index (χ0v) is 14.4. The fraction of sp³-hybridized carbons (Fsp3) is 0.300. The molecule has 136 valence electrons. The van der Waals surface area contributed by atoms with Crippen LogP contribution in [-0.2, 0) is 14.3 Å². The minimum Gasteiger partial charge on any atom is -0.376 e. The van der Waals surface area contributed by atoms with Gasteiger partial charge in [0.2, 0.25) is 5.91 Å². The first kappa shape index (κ1) is 18.1. The third-order valence-corrected chi connectivity index (χ3v) is 4.10. The summed E-state index contributed by atoms with van der Waals surface area (Å²) in [6.07, 6.45) is -0.172. The Labute approximate surface area is 152 Å². The standard InChI is InChI=1S/C20H22N2O4/c23-19(16-9-5-2-6-10-16)22-18(15-7-3-1-4-8-15)20(24)21-13-17-14-25-11-12-26-17/h1-10,17-18H,11-14H2,(H,21,24)(H,22,23)/t17-,18+/m1/s1. The molecule has 0 unspecified atom stereocenters. The molecule has 0 spiro atoms. The number of nitrogens with one attached hydrogen (secondary N) is 2. The fourth-order valence-corrected chi connectivity index (χ4v) is 2.72. The van der Waals surface area contributed by atoms with Crippen LogP contribution in [0.2, 0.25) is 0 Å². The van der Waals surface area contributed by atoms with Crippen LogP contribution in [0.5, 0.6) is 0 Å². The third kappa shape index (κ3) is 4.91. The Bertz CT molecular complexity index is 715. The topological polar surface area (TPSA) is 76.7 Å². The van der Waals surface area contributed by atoms with Crippen molar-refractivity contribution in [3.8, 4) is 0 Å². The van der Waals surface area contributed by atoms with E-state index in [9.17, 15) is 9.59 Å². The molecule has 1 fully saturated rings. The lowest BCUT2D eigenvalue weighted by Gasteiger charge is -2.25. The summed E-state index contributed by atoms with van der Waals surface area (Å²) in [4.78, 5) is 25.2. The van der Waals surface area contributed by atoms with Crippen molar-refractivity contribution in [2.75, 3.05) is 26.4 Å². The molecular formula is C20H22N2O4. The highest BCUT2D eigenvalue weighted by Crippen LogP contribution is 2.14. The van der Waals surface area contributed by atoms with E-state index < -0.39 is 6.04 Å². The molecule has 1 saturated heterocycles. The van der Waals surface area contributed by atoms with Crippen molar-refractivity contribution in [3.63, 3.8) is 0 Å². The van der Waals surface area contributed by atoms with Crippen molar-refractivity contribution in [1.29, 1.82) is 0 Å². The number of benzene rings is 2. The van der Waals surface area contributed by atoms with E-state index in [1.165, 1.54) is 0 Å². The molecule has 0 bridgehead atoms. The minimum atomic E-state index is -0.784. The van der Waals surface area contributed by atoms with E-state index >= 15 is 0 Å². The molecular weight excluding hydrogens is 332 g/mol. The fourth-order valence-electron chi connectivity index (χ4n) is 2.72. The van der Waals surface area contributed by atoms with Crippen LogP contribution in [-0.4, -0.2) is 44.3 Å². The lowest BCUT2D eigenvalue weighted by Crippen LogP contribution is -2.45. The first-order chi connectivity index (χ1) is 12.7. The van der Waals surface area contributed by atoms with E-state index in [1.807, 2.05) is 36.4 Å². The van der Waals surface area contributed by atoms with Gasteiger partial charge in [0.15, 0.2) is 0 Å². The van der Waals surface area contributed by atoms with E-state index in [-0.39, 0.29) is 17.9 Å². The zero-order chi connectivity index (χ0) is 18.2. The monoisotopic (exact) mass is 354 g/mol. The number of rotatable bonds is 6. The van der Waals surface area contributed by atoms with Crippen LogP contribution >= 0.6 is 0 Å². The first-order valence-electron chi connectivity index (χ1n) is 8.62. The maximum atomic E-state index is 12.7. The number of amides is 2. The van der Waals surface area contributed by atoms with E-state index in [0.717, 1.165) is 5.56 Å². The van der Waals surface area contributed by atoms with Gasteiger partial charge in [-0.2, -0.15) is 0 Å². The van der Waals surface area contributed by atoms with Gasteiger partial charge in [0.1, 0.15) is 6.04 Å². The van der Waals surface area contributed by atoms with Gasteiger partial charge in [-0.3, -0.25) is 9.59 Å². The van der Waals surface area contributed by atoms with E-state index in [2.05, 4.69) is 10.6 Å². The van der Waals surface area contributed by atoms with Crippen LogP contribution in [0.25, 0.3) is 0 Å². The second-order valence-electron chi connectivity index (χ2n) is 6.00. The predicted octanol–water partition coefficient (Wildman–Crippen LogP) is 1.69.